The number of aryl methyl sites for hydroxylation is 1. The van der Waals surface area contributed by atoms with Crippen LogP contribution in [-0.2, 0) is 0 Å². The summed E-state index contributed by atoms with van der Waals surface area (Å²) in [6.45, 7) is 2.08. The first-order valence-corrected chi connectivity index (χ1v) is 12.0. The van der Waals surface area contributed by atoms with Crippen molar-refractivity contribution in [3.8, 4) is 0 Å². The molecule has 0 aliphatic carbocycles. The summed E-state index contributed by atoms with van der Waals surface area (Å²) in [6, 6.07) is 32.2. The molecule has 164 valence electrons. The van der Waals surface area contributed by atoms with Gasteiger partial charge in [0.05, 0.1) is 5.70 Å². The number of hydrogen-bond acceptors (Lipinski definition) is 2. The second-order valence-electron chi connectivity index (χ2n) is 8.77. The van der Waals surface area contributed by atoms with Crippen LogP contribution in [0.4, 0.5) is 0 Å². The number of allylic oxidation sites excluding steroid dienone is 1. The van der Waals surface area contributed by atoms with Gasteiger partial charge in [0.1, 0.15) is 5.17 Å². The van der Waals surface area contributed by atoms with E-state index in [9.17, 15) is 0 Å². The Morgan fingerprint density at radius 3 is 1.94 bits per heavy atom. The molecule has 1 aliphatic rings. The summed E-state index contributed by atoms with van der Waals surface area (Å²) in [5, 5.41) is 8.17. The van der Waals surface area contributed by atoms with Crippen molar-refractivity contribution in [1.29, 1.82) is 0 Å². The van der Waals surface area contributed by atoms with Crippen LogP contribution in [0.25, 0.3) is 38.0 Å². The normalized spacial score (nSPS) is 16.0. The number of hydrogen-bond donors (Lipinski definition) is 0. The van der Waals surface area contributed by atoms with Crippen LogP contribution in [0, 0.1) is 6.92 Å². The van der Waals surface area contributed by atoms with Gasteiger partial charge in [-0.1, -0.05) is 102 Å². The zero-order chi connectivity index (χ0) is 23.1. The number of nitrogens with zero attached hydrogens (tertiary/aromatic N) is 2. The maximum Gasteiger partial charge on any atom is 0.161 e. The predicted molar refractivity (Wildman–Crippen MR) is 147 cm³/mol. The molecule has 6 rings (SSSR count). The van der Waals surface area contributed by atoms with Gasteiger partial charge in [-0.25, -0.2) is 9.98 Å². The maximum absolute atomic E-state index is 6.41. The monoisotopic (exact) mass is 458 g/mol. The lowest BCUT2D eigenvalue weighted by Crippen LogP contribution is -2.04. The molecule has 0 bridgehead atoms. The molecule has 0 radical (unpaired) electrons. The Kier molecular flexibility index (Phi) is 5.24. The van der Waals surface area contributed by atoms with E-state index < -0.39 is 0 Å². The van der Waals surface area contributed by atoms with E-state index in [1.807, 2.05) is 12.1 Å². The summed E-state index contributed by atoms with van der Waals surface area (Å²) in [5.74, 6) is 0.656. The number of benzene rings is 5. The minimum atomic E-state index is 0.589. The molecule has 0 unspecified atom stereocenters. The number of rotatable bonds is 2. The van der Waals surface area contributed by atoms with E-state index in [1.54, 1.807) is 0 Å². The van der Waals surface area contributed by atoms with Gasteiger partial charge in [0.15, 0.2) is 5.84 Å². The van der Waals surface area contributed by atoms with Crippen molar-refractivity contribution >= 4 is 60.6 Å². The van der Waals surface area contributed by atoms with Gasteiger partial charge in [0.2, 0.25) is 0 Å². The molecule has 0 saturated heterocycles. The Balaban J connectivity index is 1.58. The van der Waals surface area contributed by atoms with Crippen molar-refractivity contribution in [1.82, 2.24) is 0 Å². The third-order valence-corrected chi connectivity index (χ3v) is 6.73. The average molecular weight is 459 g/mol. The Bertz CT molecular complexity index is 1640. The molecule has 0 N–H and O–H groups in total. The molecule has 1 heterocycles. The van der Waals surface area contributed by atoms with E-state index in [1.165, 1.54) is 37.9 Å². The fourth-order valence-corrected chi connectivity index (χ4v) is 5.04. The van der Waals surface area contributed by atoms with Gasteiger partial charge < -0.3 is 0 Å². The number of aliphatic imine (C=N–C) groups is 2. The van der Waals surface area contributed by atoms with Crippen molar-refractivity contribution in [2.75, 3.05) is 0 Å². The number of halogens is 1. The highest BCUT2D eigenvalue weighted by atomic mass is 35.5. The van der Waals surface area contributed by atoms with E-state index in [0.29, 0.717) is 17.4 Å². The molecule has 0 saturated carbocycles. The summed E-state index contributed by atoms with van der Waals surface area (Å²) >= 11 is 6.41. The Morgan fingerprint density at radius 1 is 0.618 bits per heavy atom. The molecule has 5 aromatic carbocycles. The summed E-state index contributed by atoms with van der Waals surface area (Å²) in [7, 11) is 0. The predicted octanol–water partition coefficient (Wildman–Crippen LogP) is 8.67. The zero-order valence-electron chi connectivity index (χ0n) is 18.9. The Hall–Kier alpha value is -3.75. The summed E-state index contributed by atoms with van der Waals surface area (Å²) in [4.78, 5) is 9.69. The second kappa shape index (κ2) is 8.55. The highest BCUT2D eigenvalue weighted by Gasteiger charge is 2.13. The van der Waals surface area contributed by atoms with Crippen molar-refractivity contribution in [3.63, 3.8) is 0 Å². The molecule has 0 aromatic heterocycles. The second-order valence-corrected chi connectivity index (χ2v) is 9.21. The number of fused-ring (bicyclic) bond motifs is 6. The van der Waals surface area contributed by atoms with Crippen LogP contribution in [-0.4, -0.2) is 11.0 Å². The lowest BCUT2D eigenvalue weighted by molar-refractivity contribution is 1.10. The SMILES string of the molecule is Cc1cccc(C2=N/C(c3ccc4c5ccccc5c5ccccc5c4c3)=C\CCC(Cl)=N2)c1. The van der Waals surface area contributed by atoms with E-state index in [-0.39, 0.29) is 0 Å². The minimum absolute atomic E-state index is 0.589. The van der Waals surface area contributed by atoms with Gasteiger partial charge in [-0.3, -0.25) is 0 Å². The molecule has 5 aromatic rings. The molecule has 3 heteroatoms. The molecule has 2 nitrogen and oxygen atoms in total. The van der Waals surface area contributed by atoms with Gasteiger partial charge in [-0.05, 0) is 57.8 Å². The molecule has 0 spiro atoms. The summed E-state index contributed by atoms with van der Waals surface area (Å²) < 4.78 is 0. The fourth-order valence-electron chi connectivity index (χ4n) is 4.85. The fraction of sp³-hybridized carbons (Fsp3) is 0.0968. The average Bonchev–Trinajstić information content (AvgIpc) is 2.86. The van der Waals surface area contributed by atoms with Gasteiger partial charge >= 0.3 is 0 Å². The van der Waals surface area contributed by atoms with Crippen LogP contribution >= 0.6 is 11.6 Å². The van der Waals surface area contributed by atoms with Gasteiger partial charge in [-0.2, -0.15) is 0 Å². The lowest BCUT2D eigenvalue weighted by Gasteiger charge is -2.13. The smallest absolute Gasteiger partial charge is 0.161 e. The van der Waals surface area contributed by atoms with E-state index in [0.717, 1.165) is 23.2 Å². The zero-order valence-corrected chi connectivity index (χ0v) is 19.7. The molecular weight excluding hydrogens is 436 g/mol. The van der Waals surface area contributed by atoms with E-state index in [2.05, 4.69) is 96.9 Å². The lowest BCUT2D eigenvalue weighted by atomic mass is 9.93. The standard InChI is InChI=1S/C31H23ClN2/c1-20-8-6-9-22(18-20)31-33-29(14-7-15-30(32)34-31)21-16-17-27-25-12-3-2-10-23(25)24-11-4-5-13-26(24)28(27)19-21/h2-6,8-14,16-19H,7,15H2,1H3/b29-14-,33-31?,34-30?. The van der Waals surface area contributed by atoms with Crippen molar-refractivity contribution in [2.24, 2.45) is 9.98 Å². The van der Waals surface area contributed by atoms with E-state index >= 15 is 0 Å². The van der Waals surface area contributed by atoms with Crippen LogP contribution in [0.3, 0.4) is 0 Å². The first-order chi connectivity index (χ1) is 16.7. The van der Waals surface area contributed by atoms with Crippen LogP contribution in [0.1, 0.15) is 29.5 Å². The highest BCUT2D eigenvalue weighted by molar-refractivity contribution is 6.66. The summed E-state index contributed by atoms with van der Waals surface area (Å²) in [6.07, 6.45) is 3.69. The molecule has 1 aliphatic heterocycles. The van der Waals surface area contributed by atoms with Crippen molar-refractivity contribution < 1.29 is 0 Å². The van der Waals surface area contributed by atoms with E-state index in [4.69, 9.17) is 16.6 Å². The number of amidine groups is 1. The minimum Gasteiger partial charge on any atom is -0.228 e. The molecule has 0 fully saturated rings. The van der Waals surface area contributed by atoms with Crippen LogP contribution in [0.15, 0.2) is 107 Å². The molecular formula is C31H23ClN2. The topological polar surface area (TPSA) is 24.7 Å². The maximum atomic E-state index is 6.41. The van der Waals surface area contributed by atoms with Gasteiger partial charge in [-0.15, -0.1) is 0 Å². The quantitative estimate of drug-likeness (QED) is 0.236. The van der Waals surface area contributed by atoms with Crippen LogP contribution in [0.5, 0.6) is 0 Å². The van der Waals surface area contributed by atoms with Gasteiger partial charge in [0.25, 0.3) is 0 Å². The summed E-state index contributed by atoms with van der Waals surface area (Å²) in [5.41, 5.74) is 4.17. The first kappa shape index (κ1) is 20.8. The molecule has 0 amide bonds. The molecule has 0 atom stereocenters. The third-order valence-electron chi connectivity index (χ3n) is 6.46. The Labute approximate surface area is 203 Å². The molecule has 34 heavy (non-hydrogen) atoms. The third kappa shape index (κ3) is 3.70. The van der Waals surface area contributed by atoms with Crippen LogP contribution in [0.2, 0.25) is 0 Å². The first-order valence-electron chi connectivity index (χ1n) is 11.6. The van der Waals surface area contributed by atoms with Crippen LogP contribution < -0.4 is 0 Å². The van der Waals surface area contributed by atoms with Crippen molar-refractivity contribution in [3.05, 3.63) is 114 Å². The Morgan fingerprint density at radius 2 is 1.26 bits per heavy atom. The van der Waals surface area contributed by atoms with Gasteiger partial charge in [0, 0.05) is 17.5 Å². The largest absolute Gasteiger partial charge is 0.228 e. The van der Waals surface area contributed by atoms with Crippen molar-refractivity contribution in [2.45, 2.75) is 19.8 Å². The highest BCUT2D eigenvalue weighted by Crippen LogP contribution is 2.36.